The number of carbonyl (C=O) groups is 2. The summed E-state index contributed by atoms with van der Waals surface area (Å²) in [6, 6.07) is 7.74. The Bertz CT molecular complexity index is 641. The number of hydrogen-bond acceptors (Lipinski definition) is 3. The normalized spacial score (nSPS) is 20.9. The molecule has 3 rings (SSSR count). The first-order valence-electron chi connectivity index (χ1n) is 9.48. The van der Waals surface area contributed by atoms with E-state index in [1.165, 1.54) is 0 Å². The van der Waals surface area contributed by atoms with E-state index in [1.807, 2.05) is 34.1 Å². The second-order valence-corrected chi connectivity index (χ2v) is 7.30. The predicted octanol–water partition coefficient (Wildman–Crippen LogP) is 2.14. The minimum Gasteiger partial charge on any atom is -0.497 e. The van der Waals surface area contributed by atoms with Gasteiger partial charge in [-0.1, -0.05) is 12.1 Å². The predicted molar refractivity (Wildman–Crippen MR) is 100 cm³/mol. The van der Waals surface area contributed by atoms with Crippen molar-refractivity contribution in [3.8, 4) is 5.75 Å². The van der Waals surface area contributed by atoms with Crippen molar-refractivity contribution in [3.05, 3.63) is 29.8 Å². The summed E-state index contributed by atoms with van der Waals surface area (Å²) < 4.78 is 5.23. The number of amides is 3. The molecule has 2 fully saturated rings. The molecule has 2 aliphatic rings. The van der Waals surface area contributed by atoms with Crippen molar-refractivity contribution in [2.45, 2.75) is 25.7 Å². The Morgan fingerprint density at radius 1 is 1.12 bits per heavy atom. The summed E-state index contributed by atoms with van der Waals surface area (Å²) in [6.45, 7) is 3.34. The quantitative estimate of drug-likeness (QED) is 0.896. The van der Waals surface area contributed by atoms with Gasteiger partial charge in [0.05, 0.1) is 13.5 Å². The van der Waals surface area contributed by atoms with E-state index in [1.54, 1.807) is 14.2 Å². The molecule has 26 heavy (non-hydrogen) atoms. The number of piperidine rings is 1. The van der Waals surface area contributed by atoms with Crippen LogP contribution in [0.1, 0.15) is 24.8 Å². The van der Waals surface area contributed by atoms with Crippen molar-refractivity contribution >= 4 is 11.9 Å². The minimum absolute atomic E-state index is 0.0185. The standard InChI is InChI=1S/C20H29N3O3/c1-21-20(25)22-9-6-16(7-10-22)17-8-11-23(14-17)19(24)13-15-4-3-5-18(12-15)26-2/h3-5,12,16-17H,6-11,13-14H2,1-2H3,(H,21,25). The molecule has 0 spiro atoms. The molecule has 0 aromatic heterocycles. The fourth-order valence-electron chi connectivity index (χ4n) is 4.20. The first kappa shape index (κ1) is 18.5. The minimum atomic E-state index is 0.0185. The highest BCUT2D eigenvalue weighted by Crippen LogP contribution is 2.32. The molecule has 1 aromatic carbocycles. The zero-order chi connectivity index (χ0) is 18.5. The maximum atomic E-state index is 12.6. The highest BCUT2D eigenvalue weighted by molar-refractivity contribution is 5.79. The van der Waals surface area contributed by atoms with Crippen LogP contribution in [0.2, 0.25) is 0 Å². The first-order chi connectivity index (χ1) is 12.6. The summed E-state index contributed by atoms with van der Waals surface area (Å²) in [4.78, 5) is 28.3. The molecular weight excluding hydrogens is 330 g/mol. The fraction of sp³-hybridized carbons (Fsp3) is 0.600. The molecule has 2 heterocycles. The van der Waals surface area contributed by atoms with E-state index in [2.05, 4.69) is 5.32 Å². The third-order valence-electron chi connectivity index (χ3n) is 5.77. The summed E-state index contributed by atoms with van der Waals surface area (Å²) in [5, 5.41) is 2.70. The highest BCUT2D eigenvalue weighted by Gasteiger charge is 2.34. The Morgan fingerprint density at radius 2 is 1.81 bits per heavy atom. The van der Waals surface area contributed by atoms with Gasteiger partial charge >= 0.3 is 6.03 Å². The molecule has 6 heteroatoms. The first-order valence-corrected chi connectivity index (χ1v) is 9.48. The molecule has 6 nitrogen and oxygen atoms in total. The Kier molecular flexibility index (Phi) is 6.01. The van der Waals surface area contributed by atoms with Gasteiger partial charge in [-0.2, -0.15) is 0 Å². The molecule has 2 saturated heterocycles. The summed E-state index contributed by atoms with van der Waals surface area (Å²) in [6.07, 6.45) is 3.58. The van der Waals surface area contributed by atoms with E-state index in [9.17, 15) is 9.59 Å². The molecule has 3 amide bonds. The lowest BCUT2D eigenvalue weighted by Gasteiger charge is -2.34. The van der Waals surface area contributed by atoms with E-state index in [-0.39, 0.29) is 11.9 Å². The molecule has 1 atom stereocenters. The van der Waals surface area contributed by atoms with Crippen LogP contribution in [0.15, 0.2) is 24.3 Å². The van der Waals surface area contributed by atoms with E-state index < -0.39 is 0 Å². The van der Waals surface area contributed by atoms with E-state index >= 15 is 0 Å². The molecule has 0 bridgehead atoms. The number of nitrogens with zero attached hydrogens (tertiary/aromatic N) is 2. The molecule has 142 valence electrons. The fourth-order valence-corrected chi connectivity index (χ4v) is 4.20. The Balaban J connectivity index is 1.49. The van der Waals surface area contributed by atoms with Gasteiger partial charge in [0.2, 0.25) is 5.91 Å². The Labute approximate surface area is 155 Å². The molecule has 2 aliphatic heterocycles. The maximum Gasteiger partial charge on any atom is 0.317 e. The number of nitrogens with one attached hydrogen (secondary N) is 1. The van der Waals surface area contributed by atoms with Crippen LogP contribution in [-0.4, -0.2) is 62.1 Å². The number of likely N-dealkylation sites (tertiary alicyclic amines) is 2. The number of hydrogen-bond donors (Lipinski definition) is 1. The van der Waals surface area contributed by atoms with Gasteiger partial charge in [0, 0.05) is 33.2 Å². The third-order valence-corrected chi connectivity index (χ3v) is 5.77. The van der Waals surface area contributed by atoms with Gasteiger partial charge in [-0.15, -0.1) is 0 Å². The average Bonchev–Trinajstić information content (AvgIpc) is 3.18. The number of carbonyl (C=O) groups excluding carboxylic acids is 2. The van der Waals surface area contributed by atoms with Gasteiger partial charge in [0.1, 0.15) is 5.75 Å². The van der Waals surface area contributed by atoms with Gasteiger partial charge in [0.25, 0.3) is 0 Å². The highest BCUT2D eigenvalue weighted by atomic mass is 16.5. The van der Waals surface area contributed by atoms with Crippen LogP contribution in [0.3, 0.4) is 0 Å². The van der Waals surface area contributed by atoms with E-state index in [0.29, 0.717) is 18.3 Å². The molecule has 0 saturated carbocycles. The second kappa shape index (κ2) is 8.43. The zero-order valence-electron chi connectivity index (χ0n) is 15.7. The van der Waals surface area contributed by atoms with Crippen molar-refractivity contribution in [3.63, 3.8) is 0 Å². The third kappa shape index (κ3) is 4.29. The summed E-state index contributed by atoms with van der Waals surface area (Å²) in [5.41, 5.74) is 0.997. The number of ether oxygens (including phenoxy) is 1. The van der Waals surface area contributed by atoms with Crippen LogP contribution in [-0.2, 0) is 11.2 Å². The van der Waals surface area contributed by atoms with E-state index in [0.717, 1.165) is 56.8 Å². The SMILES string of the molecule is CNC(=O)N1CCC(C2CCN(C(=O)Cc3cccc(OC)c3)C2)CC1. The van der Waals surface area contributed by atoms with Crippen LogP contribution in [0.4, 0.5) is 4.79 Å². The number of methoxy groups -OCH3 is 1. The Morgan fingerprint density at radius 3 is 2.50 bits per heavy atom. The number of rotatable bonds is 4. The summed E-state index contributed by atoms with van der Waals surface area (Å²) in [7, 11) is 3.32. The summed E-state index contributed by atoms with van der Waals surface area (Å²) >= 11 is 0. The van der Waals surface area contributed by atoms with Crippen molar-refractivity contribution in [2.75, 3.05) is 40.3 Å². The second-order valence-electron chi connectivity index (χ2n) is 7.30. The van der Waals surface area contributed by atoms with Crippen LogP contribution < -0.4 is 10.1 Å². The Hall–Kier alpha value is -2.24. The lowest BCUT2D eigenvalue weighted by atomic mass is 9.84. The molecule has 1 N–H and O–H groups in total. The van der Waals surface area contributed by atoms with Crippen molar-refractivity contribution in [1.29, 1.82) is 0 Å². The van der Waals surface area contributed by atoms with Crippen LogP contribution >= 0.6 is 0 Å². The summed E-state index contributed by atoms with van der Waals surface area (Å²) in [5.74, 6) is 2.17. The molecule has 0 aliphatic carbocycles. The van der Waals surface area contributed by atoms with E-state index in [4.69, 9.17) is 4.74 Å². The topological polar surface area (TPSA) is 61.9 Å². The smallest absolute Gasteiger partial charge is 0.317 e. The van der Waals surface area contributed by atoms with Crippen molar-refractivity contribution in [1.82, 2.24) is 15.1 Å². The number of urea groups is 1. The zero-order valence-corrected chi connectivity index (χ0v) is 15.7. The molecule has 1 aromatic rings. The molecule has 1 unspecified atom stereocenters. The van der Waals surface area contributed by atoms with Gasteiger partial charge in [-0.3, -0.25) is 4.79 Å². The van der Waals surface area contributed by atoms with Gasteiger partial charge in [-0.25, -0.2) is 4.79 Å². The van der Waals surface area contributed by atoms with Gasteiger partial charge in [0.15, 0.2) is 0 Å². The van der Waals surface area contributed by atoms with Gasteiger partial charge in [-0.05, 0) is 48.8 Å². The van der Waals surface area contributed by atoms with Crippen LogP contribution in [0.25, 0.3) is 0 Å². The van der Waals surface area contributed by atoms with Crippen molar-refractivity contribution in [2.24, 2.45) is 11.8 Å². The lowest BCUT2D eigenvalue weighted by molar-refractivity contribution is -0.129. The monoisotopic (exact) mass is 359 g/mol. The average molecular weight is 359 g/mol. The van der Waals surface area contributed by atoms with Crippen molar-refractivity contribution < 1.29 is 14.3 Å². The van der Waals surface area contributed by atoms with Crippen LogP contribution in [0.5, 0.6) is 5.75 Å². The molecule has 0 radical (unpaired) electrons. The molecular formula is C20H29N3O3. The lowest BCUT2D eigenvalue weighted by Crippen LogP contribution is -2.44. The largest absolute Gasteiger partial charge is 0.497 e. The maximum absolute atomic E-state index is 12.6. The van der Waals surface area contributed by atoms with Crippen LogP contribution in [0, 0.1) is 11.8 Å². The van der Waals surface area contributed by atoms with Gasteiger partial charge < -0.3 is 19.9 Å². The number of benzene rings is 1.